The normalized spacial score (nSPS) is 10.2. The Balaban J connectivity index is 2.35. The monoisotopic (exact) mass is 370 g/mol. The van der Waals surface area contributed by atoms with E-state index in [4.69, 9.17) is 15.2 Å². The molecule has 0 atom stereocenters. The largest absolute Gasteiger partial charge is 0.466 e. The van der Waals surface area contributed by atoms with E-state index in [1.807, 2.05) is 0 Å². The Morgan fingerprint density at radius 2 is 1.96 bits per heavy atom. The Kier molecular flexibility index (Phi) is 9.30. The van der Waals surface area contributed by atoms with Gasteiger partial charge < -0.3 is 20.5 Å². The van der Waals surface area contributed by atoms with Crippen molar-refractivity contribution in [3.05, 3.63) is 11.8 Å². The van der Waals surface area contributed by atoms with Crippen molar-refractivity contribution in [2.75, 3.05) is 31.2 Å². The van der Waals surface area contributed by atoms with Gasteiger partial charge in [-0.3, -0.25) is 9.59 Å². The number of nitrogen functional groups attached to an aromatic ring is 1. The predicted molar refractivity (Wildman–Crippen MR) is 92.0 cm³/mol. The molecular formula is C15H22N4O5S. The van der Waals surface area contributed by atoms with Crippen molar-refractivity contribution < 1.29 is 23.9 Å². The lowest BCUT2D eigenvalue weighted by atomic mass is 10.3. The van der Waals surface area contributed by atoms with Crippen LogP contribution < -0.4 is 11.1 Å². The van der Waals surface area contributed by atoms with Gasteiger partial charge in [0.1, 0.15) is 11.4 Å². The van der Waals surface area contributed by atoms with E-state index in [0.29, 0.717) is 19.6 Å². The quantitative estimate of drug-likeness (QED) is 0.265. The number of carbonyl (C=O) groups excluding carboxylic acids is 3. The summed E-state index contributed by atoms with van der Waals surface area (Å²) in [6.07, 6.45) is 2.04. The van der Waals surface area contributed by atoms with Crippen LogP contribution in [0.5, 0.6) is 0 Å². The second-order valence-corrected chi connectivity index (χ2v) is 5.66. The molecule has 0 aliphatic carbocycles. The number of amides is 1. The standard InChI is InChI=1S/C15H22N4O5S/c1-3-23-12(21)6-5-7-17-11(20)9-25-15-18-8-10(13(16)19-15)14(22)24-4-2/h8H,3-7,9H2,1-2H3,(H,17,20)(H2,16,18,19). The maximum atomic E-state index is 11.7. The number of aromatic nitrogens is 2. The summed E-state index contributed by atoms with van der Waals surface area (Å²) >= 11 is 1.09. The van der Waals surface area contributed by atoms with E-state index in [2.05, 4.69) is 15.3 Å². The molecule has 3 N–H and O–H groups in total. The lowest BCUT2D eigenvalue weighted by molar-refractivity contribution is -0.143. The number of rotatable bonds is 10. The first-order valence-corrected chi connectivity index (χ1v) is 8.81. The van der Waals surface area contributed by atoms with Crippen LogP contribution in [0.2, 0.25) is 0 Å². The zero-order valence-electron chi connectivity index (χ0n) is 14.2. The third-order valence-electron chi connectivity index (χ3n) is 2.81. The number of nitrogens with two attached hydrogens (primary N) is 1. The minimum Gasteiger partial charge on any atom is -0.466 e. The summed E-state index contributed by atoms with van der Waals surface area (Å²) in [5.74, 6) is -0.985. The van der Waals surface area contributed by atoms with Gasteiger partial charge in [-0.15, -0.1) is 0 Å². The first kappa shape index (κ1) is 20.7. The van der Waals surface area contributed by atoms with Gasteiger partial charge in [-0.25, -0.2) is 14.8 Å². The predicted octanol–water partition coefficient (Wildman–Crippen LogP) is 0.787. The number of esters is 2. The fourth-order valence-electron chi connectivity index (χ4n) is 1.69. The molecule has 0 fully saturated rings. The third-order valence-corrected chi connectivity index (χ3v) is 3.67. The molecule has 0 aliphatic heterocycles. The molecule has 25 heavy (non-hydrogen) atoms. The van der Waals surface area contributed by atoms with Crippen LogP contribution in [0.3, 0.4) is 0 Å². The van der Waals surface area contributed by atoms with Crippen LogP contribution in [-0.2, 0) is 19.1 Å². The van der Waals surface area contributed by atoms with Crippen molar-refractivity contribution >= 4 is 35.4 Å². The highest BCUT2D eigenvalue weighted by Crippen LogP contribution is 2.16. The summed E-state index contributed by atoms with van der Waals surface area (Å²) in [4.78, 5) is 42.4. The van der Waals surface area contributed by atoms with E-state index in [1.165, 1.54) is 6.20 Å². The maximum Gasteiger partial charge on any atom is 0.343 e. The van der Waals surface area contributed by atoms with Crippen LogP contribution in [0, 0.1) is 0 Å². The molecule has 0 spiro atoms. The highest BCUT2D eigenvalue weighted by atomic mass is 32.2. The molecule has 0 bridgehead atoms. The lowest BCUT2D eigenvalue weighted by Crippen LogP contribution is -2.26. The van der Waals surface area contributed by atoms with Gasteiger partial charge in [-0.1, -0.05) is 11.8 Å². The Hall–Kier alpha value is -2.36. The first-order valence-electron chi connectivity index (χ1n) is 7.82. The van der Waals surface area contributed by atoms with Gasteiger partial charge in [0.25, 0.3) is 0 Å². The number of thioether (sulfide) groups is 1. The number of carbonyl (C=O) groups is 3. The maximum absolute atomic E-state index is 11.7. The van der Waals surface area contributed by atoms with E-state index in [9.17, 15) is 14.4 Å². The molecule has 1 aromatic heterocycles. The van der Waals surface area contributed by atoms with Crippen LogP contribution in [0.15, 0.2) is 11.4 Å². The SMILES string of the molecule is CCOC(=O)CCCNC(=O)CSc1ncc(C(=O)OCC)c(N)n1. The molecule has 9 nitrogen and oxygen atoms in total. The van der Waals surface area contributed by atoms with Gasteiger partial charge in [0, 0.05) is 19.2 Å². The van der Waals surface area contributed by atoms with Crippen molar-refractivity contribution in [2.24, 2.45) is 0 Å². The van der Waals surface area contributed by atoms with E-state index >= 15 is 0 Å². The number of hydrogen-bond donors (Lipinski definition) is 2. The molecule has 0 unspecified atom stereocenters. The minimum atomic E-state index is -0.587. The molecule has 0 radical (unpaired) electrons. The van der Waals surface area contributed by atoms with Crippen LogP contribution in [0.4, 0.5) is 5.82 Å². The Morgan fingerprint density at radius 3 is 2.60 bits per heavy atom. The summed E-state index contributed by atoms with van der Waals surface area (Å²) in [7, 11) is 0. The van der Waals surface area contributed by atoms with Crippen LogP contribution in [0.1, 0.15) is 37.0 Å². The molecule has 0 saturated carbocycles. The molecule has 1 amide bonds. The number of anilines is 1. The number of hydrogen-bond acceptors (Lipinski definition) is 9. The fraction of sp³-hybridized carbons (Fsp3) is 0.533. The van der Waals surface area contributed by atoms with Crippen LogP contribution in [0.25, 0.3) is 0 Å². The van der Waals surface area contributed by atoms with E-state index in [1.54, 1.807) is 13.8 Å². The summed E-state index contributed by atoms with van der Waals surface area (Å²) in [5.41, 5.74) is 5.79. The highest BCUT2D eigenvalue weighted by Gasteiger charge is 2.14. The molecule has 1 aromatic rings. The van der Waals surface area contributed by atoms with Crippen molar-refractivity contribution in [3.63, 3.8) is 0 Å². The van der Waals surface area contributed by atoms with Gasteiger partial charge in [0.2, 0.25) is 5.91 Å². The Labute approximate surface area is 150 Å². The van der Waals surface area contributed by atoms with E-state index < -0.39 is 5.97 Å². The number of nitrogens with one attached hydrogen (secondary N) is 1. The number of nitrogens with zero attached hydrogens (tertiary/aromatic N) is 2. The second kappa shape index (κ2) is 11.2. The third kappa shape index (κ3) is 7.84. The van der Waals surface area contributed by atoms with Crippen LogP contribution in [-0.4, -0.2) is 53.3 Å². The van der Waals surface area contributed by atoms with Gasteiger partial charge in [0.15, 0.2) is 5.16 Å². The van der Waals surface area contributed by atoms with Crippen molar-refractivity contribution in [2.45, 2.75) is 31.8 Å². The number of ether oxygens (including phenoxy) is 2. The zero-order valence-corrected chi connectivity index (χ0v) is 15.1. The zero-order chi connectivity index (χ0) is 18.7. The van der Waals surface area contributed by atoms with Crippen molar-refractivity contribution in [1.29, 1.82) is 0 Å². The van der Waals surface area contributed by atoms with Crippen molar-refractivity contribution in [3.8, 4) is 0 Å². The fourth-order valence-corrected chi connectivity index (χ4v) is 2.34. The molecule has 1 rings (SSSR count). The summed E-state index contributed by atoms with van der Waals surface area (Å²) in [6, 6.07) is 0. The Bertz CT molecular complexity index is 612. The van der Waals surface area contributed by atoms with E-state index in [0.717, 1.165) is 11.8 Å². The van der Waals surface area contributed by atoms with Gasteiger partial charge >= 0.3 is 11.9 Å². The average Bonchev–Trinajstić information content (AvgIpc) is 2.57. The highest BCUT2D eigenvalue weighted by molar-refractivity contribution is 7.99. The first-order chi connectivity index (χ1) is 12.0. The molecule has 1 heterocycles. The van der Waals surface area contributed by atoms with Crippen molar-refractivity contribution in [1.82, 2.24) is 15.3 Å². The molecular weight excluding hydrogens is 348 g/mol. The second-order valence-electron chi connectivity index (χ2n) is 4.72. The summed E-state index contributed by atoms with van der Waals surface area (Å²) < 4.78 is 9.62. The topological polar surface area (TPSA) is 134 Å². The van der Waals surface area contributed by atoms with Gasteiger partial charge in [0.05, 0.1) is 19.0 Å². The molecule has 10 heteroatoms. The molecule has 0 saturated heterocycles. The molecule has 0 aliphatic rings. The van der Waals surface area contributed by atoms with Gasteiger partial charge in [-0.2, -0.15) is 0 Å². The lowest BCUT2D eigenvalue weighted by Gasteiger charge is -2.07. The van der Waals surface area contributed by atoms with Crippen LogP contribution >= 0.6 is 11.8 Å². The smallest absolute Gasteiger partial charge is 0.343 e. The van der Waals surface area contributed by atoms with E-state index in [-0.39, 0.29) is 47.2 Å². The molecule has 0 aromatic carbocycles. The minimum absolute atomic E-state index is 0.00537. The molecule has 138 valence electrons. The van der Waals surface area contributed by atoms with Gasteiger partial charge in [-0.05, 0) is 20.3 Å². The summed E-state index contributed by atoms with van der Waals surface area (Å²) in [5, 5.41) is 2.97. The average molecular weight is 370 g/mol. The summed E-state index contributed by atoms with van der Waals surface area (Å²) in [6.45, 7) is 4.38. The Morgan fingerprint density at radius 1 is 1.24 bits per heavy atom.